The lowest BCUT2D eigenvalue weighted by molar-refractivity contribution is -0.111. The number of nitrogens with zero attached hydrogens (tertiary/aromatic N) is 2. The Morgan fingerprint density at radius 1 is 1.12 bits per heavy atom. The molecule has 0 saturated carbocycles. The maximum absolute atomic E-state index is 11.4. The second-order valence-electron chi connectivity index (χ2n) is 3.92. The molecule has 3 rings (SSSR count). The number of hydrogen-bond donors (Lipinski definition) is 0. The molecule has 4 nitrogen and oxygen atoms in total. The Hall–Kier alpha value is -2.36. The highest BCUT2D eigenvalue weighted by Gasteiger charge is 2.45. The lowest BCUT2D eigenvalue weighted by atomic mass is 9.91. The van der Waals surface area contributed by atoms with Crippen molar-refractivity contribution >= 4 is 6.29 Å². The fourth-order valence-electron chi connectivity index (χ4n) is 2.34. The quantitative estimate of drug-likeness (QED) is 0.580. The number of rotatable bonds is 2. The normalized spacial score (nSPS) is 20.5. The molecule has 0 N–H and O–H groups in total. The second kappa shape index (κ2) is 3.31. The van der Waals surface area contributed by atoms with Crippen LogP contribution in [0.3, 0.4) is 0 Å². The van der Waals surface area contributed by atoms with Crippen LogP contribution in [-0.4, -0.2) is 11.3 Å². The van der Waals surface area contributed by atoms with Crippen molar-refractivity contribution < 1.29 is 4.79 Å². The minimum atomic E-state index is -1.43. The number of fused-ring (bicyclic) bond motifs is 3. The molecule has 1 unspecified atom stereocenters. The molecule has 0 saturated heterocycles. The third-order valence-corrected chi connectivity index (χ3v) is 3.13. The van der Waals surface area contributed by atoms with Gasteiger partial charge in [-0.2, -0.15) is 0 Å². The molecular weight excluding hydrogens is 216 g/mol. The molecule has 4 heteroatoms. The minimum absolute atomic E-state index is 0.561. The lowest BCUT2D eigenvalue weighted by Gasteiger charge is -2.15. The fourth-order valence-corrected chi connectivity index (χ4v) is 2.34. The molecule has 2 aromatic rings. The number of carbonyl (C=O) groups excluding carboxylic acids is 1. The molecule has 0 spiro atoms. The van der Waals surface area contributed by atoms with E-state index in [-0.39, 0.29) is 0 Å². The summed E-state index contributed by atoms with van der Waals surface area (Å²) in [6, 6.07) is 10.6. The van der Waals surface area contributed by atoms with Crippen molar-refractivity contribution in [2.75, 3.05) is 0 Å². The molecule has 1 aliphatic carbocycles. The summed E-state index contributed by atoms with van der Waals surface area (Å²) in [6.07, 6.45) is 2.23. The van der Waals surface area contributed by atoms with Gasteiger partial charge in [-0.15, -0.1) is 4.91 Å². The SMILES string of the molecule is O=CC1(N=O)c2ccccc2-c2ncccc21. The van der Waals surface area contributed by atoms with E-state index in [1.807, 2.05) is 12.1 Å². The van der Waals surface area contributed by atoms with Crippen LogP contribution < -0.4 is 0 Å². The number of benzene rings is 1. The second-order valence-corrected chi connectivity index (χ2v) is 3.92. The standard InChI is InChI=1S/C13H8N2O2/c16-8-13(15-17)10-5-2-1-4-9(10)12-11(13)6-3-7-14-12/h1-8H. The van der Waals surface area contributed by atoms with Gasteiger partial charge in [-0.05, 0) is 11.2 Å². The van der Waals surface area contributed by atoms with Gasteiger partial charge in [-0.3, -0.25) is 9.78 Å². The Kier molecular flexibility index (Phi) is 1.92. The maximum Gasteiger partial charge on any atom is 0.210 e. The van der Waals surface area contributed by atoms with E-state index in [4.69, 9.17) is 0 Å². The minimum Gasteiger partial charge on any atom is -0.300 e. The number of carbonyl (C=O) groups is 1. The van der Waals surface area contributed by atoms with Crippen molar-refractivity contribution in [3.05, 3.63) is 58.6 Å². The molecule has 1 aromatic heterocycles. The first-order chi connectivity index (χ1) is 8.33. The largest absolute Gasteiger partial charge is 0.300 e. The Morgan fingerprint density at radius 3 is 2.65 bits per heavy atom. The molecule has 1 aliphatic rings. The van der Waals surface area contributed by atoms with Gasteiger partial charge >= 0.3 is 0 Å². The summed E-state index contributed by atoms with van der Waals surface area (Å²) in [5.41, 5.74) is 1.20. The van der Waals surface area contributed by atoms with Gasteiger partial charge in [0.15, 0.2) is 6.29 Å². The van der Waals surface area contributed by atoms with Crippen LogP contribution in [0.25, 0.3) is 11.3 Å². The average molecular weight is 224 g/mol. The summed E-state index contributed by atoms with van der Waals surface area (Å²) in [4.78, 5) is 26.8. The van der Waals surface area contributed by atoms with Gasteiger partial charge in [0.1, 0.15) is 0 Å². The summed E-state index contributed by atoms with van der Waals surface area (Å²) in [5.74, 6) is 0. The van der Waals surface area contributed by atoms with E-state index in [0.29, 0.717) is 23.1 Å². The van der Waals surface area contributed by atoms with Gasteiger partial charge in [0, 0.05) is 22.9 Å². The van der Waals surface area contributed by atoms with Crippen LogP contribution >= 0.6 is 0 Å². The van der Waals surface area contributed by atoms with Crippen LogP contribution in [0.5, 0.6) is 0 Å². The van der Waals surface area contributed by atoms with Crippen molar-refractivity contribution in [1.82, 2.24) is 4.98 Å². The summed E-state index contributed by atoms with van der Waals surface area (Å²) >= 11 is 0. The number of nitroso groups, excluding NO2 is 1. The zero-order chi connectivity index (χ0) is 11.9. The third kappa shape index (κ3) is 1.07. The predicted octanol–water partition coefficient (Wildman–Crippen LogP) is 2.27. The molecule has 0 aliphatic heterocycles. The first-order valence-corrected chi connectivity index (χ1v) is 5.20. The molecule has 0 radical (unpaired) electrons. The molecule has 1 aromatic carbocycles. The van der Waals surface area contributed by atoms with Gasteiger partial charge in [-0.1, -0.05) is 30.3 Å². The van der Waals surface area contributed by atoms with E-state index in [9.17, 15) is 9.70 Å². The zero-order valence-corrected chi connectivity index (χ0v) is 8.83. The molecule has 17 heavy (non-hydrogen) atoms. The van der Waals surface area contributed by atoms with Crippen LogP contribution in [0.4, 0.5) is 0 Å². The van der Waals surface area contributed by atoms with E-state index in [1.54, 1.807) is 30.5 Å². The van der Waals surface area contributed by atoms with E-state index in [2.05, 4.69) is 10.2 Å². The van der Waals surface area contributed by atoms with Crippen molar-refractivity contribution in [2.45, 2.75) is 5.54 Å². The summed E-state index contributed by atoms with van der Waals surface area (Å²) in [7, 11) is 0. The maximum atomic E-state index is 11.4. The van der Waals surface area contributed by atoms with Crippen LogP contribution in [0, 0.1) is 4.91 Å². The Bertz CT molecular complexity index is 567. The molecule has 1 atom stereocenters. The molecule has 1 heterocycles. The molecule has 0 fully saturated rings. The fraction of sp³-hybridized carbons (Fsp3) is 0.0769. The number of pyridine rings is 1. The van der Waals surface area contributed by atoms with Crippen molar-refractivity contribution in [1.29, 1.82) is 0 Å². The monoisotopic (exact) mass is 224 g/mol. The average Bonchev–Trinajstić information content (AvgIpc) is 2.70. The first-order valence-electron chi connectivity index (χ1n) is 5.20. The van der Waals surface area contributed by atoms with Crippen LogP contribution in [0.2, 0.25) is 0 Å². The number of aromatic nitrogens is 1. The highest BCUT2D eigenvalue weighted by molar-refractivity contribution is 5.89. The van der Waals surface area contributed by atoms with Crippen molar-refractivity contribution in [2.24, 2.45) is 5.18 Å². The van der Waals surface area contributed by atoms with E-state index >= 15 is 0 Å². The molecular formula is C13H8N2O2. The smallest absolute Gasteiger partial charge is 0.210 e. The van der Waals surface area contributed by atoms with Gasteiger partial charge in [-0.25, -0.2) is 0 Å². The molecule has 82 valence electrons. The predicted molar refractivity (Wildman–Crippen MR) is 62.3 cm³/mol. The van der Waals surface area contributed by atoms with Gasteiger partial charge in [0.25, 0.3) is 0 Å². The summed E-state index contributed by atoms with van der Waals surface area (Å²) < 4.78 is 0. The van der Waals surface area contributed by atoms with Gasteiger partial charge in [0.05, 0.1) is 5.69 Å². The van der Waals surface area contributed by atoms with Gasteiger partial charge < -0.3 is 0 Å². The third-order valence-electron chi connectivity index (χ3n) is 3.13. The zero-order valence-electron chi connectivity index (χ0n) is 8.83. The first kappa shape index (κ1) is 9.84. The topological polar surface area (TPSA) is 59.4 Å². The van der Waals surface area contributed by atoms with Crippen LogP contribution in [0.1, 0.15) is 11.1 Å². The summed E-state index contributed by atoms with van der Waals surface area (Å²) in [6.45, 7) is 0. The van der Waals surface area contributed by atoms with Crippen LogP contribution in [-0.2, 0) is 10.3 Å². The van der Waals surface area contributed by atoms with E-state index < -0.39 is 5.54 Å². The number of hydrogen-bond acceptors (Lipinski definition) is 4. The highest BCUT2D eigenvalue weighted by atomic mass is 16.3. The van der Waals surface area contributed by atoms with Crippen molar-refractivity contribution in [3.63, 3.8) is 0 Å². The van der Waals surface area contributed by atoms with Gasteiger partial charge in [0.2, 0.25) is 5.54 Å². The Morgan fingerprint density at radius 2 is 1.88 bits per heavy atom. The van der Waals surface area contributed by atoms with E-state index in [0.717, 1.165) is 5.56 Å². The Balaban J connectivity index is 2.46. The van der Waals surface area contributed by atoms with E-state index in [1.165, 1.54) is 0 Å². The van der Waals surface area contributed by atoms with Crippen molar-refractivity contribution in [3.8, 4) is 11.3 Å². The molecule has 0 bridgehead atoms. The Labute approximate surface area is 97.3 Å². The lowest BCUT2D eigenvalue weighted by Crippen LogP contribution is -2.23. The number of aldehydes is 1. The highest BCUT2D eigenvalue weighted by Crippen LogP contribution is 2.47. The van der Waals surface area contributed by atoms with Crippen LogP contribution in [0.15, 0.2) is 47.8 Å². The summed E-state index contributed by atoms with van der Waals surface area (Å²) in [5, 5.41) is 3.06. The molecule has 0 amide bonds.